The Morgan fingerprint density at radius 2 is 1.54 bits per heavy atom. The average Bonchev–Trinajstić information content (AvgIpc) is 2.84. The van der Waals surface area contributed by atoms with Gasteiger partial charge in [-0.2, -0.15) is 0 Å². The molecule has 0 radical (unpaired) electrons. The summed E-state index contributed by atoms with van der Waals surface area (Å²) in [5.74, 6) is 1.02. The fourth-order valence-electron chi connectivity index (χ4n) is 3.13. The van der Waals surface area contributed by atoms with Crippen LogP contribution in [-0.4, -0.2) is 39.8 Å². The molecule has 3 aromatic rings. The highest BCUT2D eigenvalue weighted by Gasteiger charge is 2.27. The summed E-state index contributed by atoms with van der Waals surface area (Å²) in [7, 11) is -4.01. The van der Waals surface area contributed by atoms with E-state index in [-0.39, 0.29) is 11.4 Å². The summed E-state index contributed by atoms with van der Waals surface area (Å²) < 4.78 is 33.3. The third-order valence-corrected chi connectivity index (χ3v) is 8.24. The van der Waals surface area contributed by atoms with Gasteiger partial charge in [0.2, 0.25) is 5.91 Å². The molecule has 0 unspecified atom stereocenters. The van der Waals surface area contributed by atoms with Crippen LogP contribution in [0, 0.1) is 0 Å². The van der Waals surface area contributed by atoms with Crippen LogP contribution in [0.2, 0.25) is 10.0 Å². The maximum absolute atomic E-state index is 13.4. The molecule has 10 heteroatoms. The Hall–Kier alpha value is -2.39. The zero-order valence-electron chi connectivity index (χ0n) is 19.1. The number of nitrogens with zero attached hydrogens (tertiary/aromatic N) is 1. The summed E-state index contributed by atoms with van der Waals surface area (Å²) in [5.41, 5.74) is 0.358. The standard InChI is InChI=1S/C25H26Cl2N2O4S2/c1-2-33-22-10-8-21(9-11-22)29(35(31,32)24-14-6-20(27)7-15-24)18-25(30)28-16-3-17-34-23-12-4-19(26)5-13-23/h4-15H,2-3,16-18H2,1H3,(H,28,30). The molecule has 35 heavy (non-hydrogen) atoms. The maximum atomic E-state index is 13.4. The van der Waals surface area contributed by atoms with Gasteiger partial charge in [-0.3, -0.25) is 9.10 Å². The molecular formula is C25H26Cl2N2O4S2. The molecule has 186 valence electrons. The summed E-state index contributed by atoms with van der Waals surface area (Å²) in [6, 6.07) is 20.0. The van der Waals surface area contributed by atoms with E-state index in [1.165, 1.54) is 24.3 Å². The molecule has 0 heterocycles. The van der Waals surface area contributed by atoms with Gasteiger partial charge in [-0.1, -0.05) is 23.2 Å². The molecule has 0 aromatic heterocycles. The van der Waals surface area contributed by atoms with E-state index in [2.05, 4.69) is 5.32 Å². The van der Waals surface area contributed by atoms with Crippen molar-refractivity contribution in [3.05, 3.63) is 82.8 Å². The molecule has 0 bridgehead atoms. The lowest BCUT2D eigenvalue weighted by atomic mass is 10.3. The van der Waals surface area contributed by atoms with Crippen molar-refractivity contribution in [3.63, 3.8) is 0 Å². The van der Waals surface area contributed by atoms with Crippen LogP contribution < -0.4 is 14.4 Å². The molecule has 1 N–H and O–H groups in total. The van der Waals surface area contributed by atoms with Crippen molar-refractivity contribution in [2.24, 2.45) is 0 Å². The molecule has 0 aliphatic heterocycles. The number of thioether (sulfide) groups is 1. The Morgan fingerprint density at radius 1 is 0.943 bits per heavy atom. The molecule has 0 saturated heterocycles. The van der Waals surface area contributed by atoms with E-state index in [0.29, 0.717) is 34.6 Å². The van der Waals surface area contributed by atoms with Gasteiger partial charge >= 0.3 is 0 Å². The van der Waals surface area contributed by atoms with E-state index in [9.17, 15) is 13.2 Å². The van der Waals surface area contributed by atoms with Crippen LogP contribution in [0.15, 0.2) is 82.6 Å². The number of sulfonamides is 1. The lowest BCUT2D eigenvalue weighted by Crippen LogP contribution is -2.41. The first-order valence-corrected chi connectivity index (χ1v) is 14.1. The molecule has 1 amide bonds. The smallest absolute Gasteiger partial charge is 0.264 e. The van der Waals surface area contributed by atoms with Crippen molar-refractivity contribution in [1.82, 2.24) is 5.32 Å². The highest BCUT2D eigenvalue weighted by atomic mass is 35.5. The number of carbonyl (C=O) groups is 1. The van der Waals surface area contributed by atoms with Crippen LogP contribution in [0.4, 0.5) is 5.69 Å². The van der Waals surface area contributed by atoms with Gasteiger partial charge in [0.15, 0.2) is 0 Å². The normalized spacial score (nSPS) is 11.2. The molecule has 0 aliphatic carbocycles. The number of amides is 1. The van der Waals surface area contributed by atoms with Gasteiger partial charge in [-0.05, 0) is 91.9 Å². The summed E-state index contributed by atoms with van der Waals surface area (Å²) >= 11 is 13.5. The molecular weight excluding hydrogens is 527 g/mol. The van der Waals surface area contributed by atoms with Crippen molar-refractivity contribution in [2.45, 2.75) is 23.1 Å². The first-order chi connectivity index (χ1) is 16.8. The minimum absolute atomic E-state index is 0.0444. The maximum Gasteiger partial charge on any atom is 0.264 e. The van der Waals surface area contributed by atoms with E-state index in [1.54, 1.807) is 36.0 Å². The van der Waals surface area contributed by atoms with Crippen LogP contribution >= 0.6 is 35.0 Å². The van der Waals surface area contributed by atoms with Gasteiger partial charge < -0.3 is 10.1 Å². The second kappa shape index (κ2) is 13.1. The number of rotatable bonds is 12. The summed E-state index contributed by atoms with van der Waals surface area (Å²) in [4.78, 5) is 13.9. The third kappa shape index (κ3) is 8.07. The fourth-order valence-corrected chi connectivity index (χ4v) is 5.66. The van der Waals surface area contributed by atoms with Crippen LogP contribution in [0.3, 0.4) is 0 Å². The average molecular weight is 554 g/mol. The van der Waals surface area contributed by atoms with Gasteiger partial charge in [0.05, 0.1) is 17.2 Å². The first-order valence-electron chi connectivity index (χ1n) is 11.0. The molecule has 0 atom stereocenters. The van der Waals surface area contributed by atoms with Crippen molar-refractivity contribution < 1.29 is 17.9 Å². The molecule has 3 rings (SSSR count). The number of benzene rings is 3. The van der Waals surface area contributed by atoms with E-state index in [1.807, 2.05) is 31.2 Å². The quantitative estimate of drug-likeness (QED) is 0.224. The van der Waals surface area contributed by atoms with Crippen LogP contribution in [0.1, 0.15) is 13.3 Å². The number of carbonyl (C=O) groups excluding carboxylic acids is 1. The summed E-state index contributed by atoms with van der Waals surface area (Å²) in [6.45, 7) is 2.43. The number of nitrogens with one attached hydrogen (secondary N) is 1. The predicted molar refractivity (Wildman–Crippen MR) is 143 cm³/mol. The first kappa shape index (κ1) is 27.2. The molecule has 3 aromatic carbocycles. The Bertz CT molecular complexity index is 1200. The van der Waals surface area contributed by atoms with Crippen LogP contribution in [-0.2, 0) is 14.8 Å². The number of anilines is 1. The second-order valence-electron chi connectivity index (χ2n) is 7.40. The predicted octanol–water partition coefficient (Wildman–Crippen LogP) is 5.89. The molecule has 6 nitrogen and oxygen atoms in total. The monoisotopic (exact) mass is 552 g/mol. The molecule has 0 saturated carbocycles. The number of halogens is 2. The number of hydrogen-bond donors (Lipinski definition) is 1. The lowest BCUT2D eigenvalue weighted by Gasteiger charge is -2.24. The lowest BCUT2D eigenvalue weighted by molar-refractivity contribution is -0.119. The van der Waals surface area contributed by atoms with Crippen molar-refractivity contribution in [1.29, 1.82) is 0 Å². The van der Waals surface area contributed by atoms with Crippen molar-refractivity contribution in [3.8, 4) is 5.75 Å². The van der Waals surface area contributed by atoms with Crippen LogP contribution in [0.5, 0.6) is 5.75 Å². The van der Waals surface area contributed by atoms with E-state index >= 15 is 0 Å². The van der Waals surface area contributed by atoms with Gasteiger partial charge in [0.25, 0.3) is 10.0 Å². The molecule has 0 aliphatic rings. The zero-order valence-corrected chi connectivity index (χ0v) is 22.3. The number of hydrogen-bond acceptors (Lipinski definition) is 5. The molecule has 0 spiro atoms. The fraction of sp³-hybridized carbons (Fsp3) is 0.240. The van der Waals surface area contributed by atoms with E-state index in [0.717, 1.165) is 21.4 Å². The zero-order chi connectivity index (χ0) is 25.3. The van der Waals surface area contributed by atoms with Gasteiger partial charge in [0, 0.05) is 21.5 Å². The third-order valence-electron chi connectivity index (χ3n) is 4.85. The highest BCUT2D eigenvalue weighted by molar-refractivity contribution is 7.99. The Morgan fingerprint density at radius 3 is 2.14 bits per heavy atom. The molecule has 0 fully saturated rings. The van der Waals surface area contributed by atoms with Crippen LogP contribution in [0.25, 0.3) is 0 Å². The van der Waals surface area contributed by atoms with Crippen molar-refractivity contribution >= 4 is 56.6 Å². The minimum Gasteiger partial charge on any atom is -0.494 e. The highest BCUT2D eigenvalue weighted by Crippen LogP contribution is 2.27. The number of ether oxygens (including phenoxy) is 1. The van der Waals surface area contributed by atoms with E-state index in [4.69, 9.17) is 27.9 Å². The Balaban J connectivity index is 1.66. The Kier molecular flexibility index (Phi) is 10.2. The topological polar surface area (TPSA) is 75.7 Å². The van der Waals surface area contributed by atoms with Gasteiger partial charge in [-0.15, -0.1) is 11.8 Å². The van der Waals surface area contributed by atoms with E-state index < -0.39 is 15.9 Å². The summed E-state index contributed by atoms with van der Waals surface area (Å²) in [5, 5.41) is 3.93. The van der Waals surface area contributed by atoms with Crippen molar-refractivity contribution in [2.75, 3.05) is 29.8 Å². The minimum atomic E-state index is -4.01. The SMILES string of the molecule is CCOc1ccc(N(CC(=O)NCCCSc2ccc(Cl)cc2)S(=O)(=O)c2ccc(Cl)cc2)cc1. The van der Waals surface area contributed by atoms with Gasteiger partial charge in [-0.25, -0.2) is 8.42 Å². The second-order valence-corrected chi connectivity index (χ2v) is 11.3. The Labute approximate surface area is 220 Å². The summed E-state index contributed by atoms with van der Waals surface area (Å²) in [6.07, 6.45) is 0.728. The van der Waals surface area contributed by atoms with Gasteiger partial charge in [0.1, 0.15) is 12.3 Å². The largest absolute Gasteiger partial charge is 0.494 e.